The fourth-order valence-corrected chi connectivity index (χ4v) is 4.10. The zero-order chi connectivity index (χ0) is 22.7. The Morgan fingerprint density at radius 2 is 1.84 bits per heavy atom. The van der Waals surface area contributed by atoms with Crippen LogP contribution in [0.15, 0.2) is 48.5 Å². The predicted molar refractivity (Wildman–Crippen MR) is 126 cm³/mol. The molecule has 1 aliphatic rings. The van der Waals surface area contributed by atoms with Crippen LogP contribution in [0.2, 0.25) is 0 Å². The molecule has 1 aliphatic heterocycles. The third kappa shape index (κ3) is 5.23. The highest BCUT2D eigenvalue weighted by atomic mass is 16.6. The molecule has 1 fully saturated rings. The molecular weight excluding hydrogens is 402 g/mol. The summed E-state index contributed by atoms with van der Waals surface area (Å²) in [6.45, 7) is 9.55. The number of carbonyl (C=O) groups excluding carboxylic acids is 1. The Balaban J connectivity index is 1.54. The number of piperidine rings is 1. The number of aromatic nitrogens is 2. The lowest BCUT2D eigenvalue weighted by Gasteiger charge is -2.36. The number of rotatable bonds is 5. The standard InChI is InChI=1S/C26H33N3O3/c1-19-12-14-20(15-13-19)17-29-23-11-6-5-10-22(23)27-24(29)31-18-21-9-7-8-16-28(21)25(30)32-26(2,3)4/h5-6,10-15,21H,7-9,16-18H2,1-4H3/t21-/m1/s1. The highest BCUT2D eigenvalue weighted by Gasteiger charge is 2.31. The molecule has 0 bridgehead atoms. The van der Waals surface area contributed by atoms with Gasteiger partial charge in [-0.15, -0.1) is 0 Å². The number of para-hydroxylation sites is 2. The molecule has 3 aromatic rings. The van der Waals surface area contributed by atoms with Crippen LogP contribution in [-0.2, 0) is 11.3 Å². The molecule has 1 atom stereocenters. The maximum Gasteiger partial charge on any atom is 0.410 e. The molecule has 1 amide bonds. The van der Waals surface area contributed by atoms with Gasteiger partial charge < -0.3 is 14.4 Å². The average molecular weight is 436 g/mol. The molecular formula is C26H33N3O3. The van der Waals surface area contributed by atoms with Gasteiger partial charge in [0, 0.05) is 6.54 Å². The Morgan fingerprint density at radius 3 is 2.59 bits per heavy atom. The first-order chi connectivity index (χ1) is 15.3. The first-order valence-electron chi connectivity index (χ1n) is 11.4. The molecule has 0 saturated carbocycles. The Bertz CT molecular complexity index is 1070. The highest BCUT2D eigenvalue weighted by molar-refractivity contribution is 5.76. The average Bonchev–Trinajstić information content (AvgIpc) is 3.10. The van der Waals surface area contributed by atoms with Gasteiger partial charge in [-0.05, 0) is 64.7 Å². The van der Waals surface area contributed by atoms with Gasteiger partial charge >= 0.3 is 6.09 Å². The Labute approximate surface area is 190 Å². The van der Waals surface area contributed by atoms with E-state index in [1.54, 1.807) is 0 Å². The lowest BCUT2D eigenvalue weighted by molar-refractivity contribution is 0.00290. The summed E-state index contributed by atoms with van der Waals surface area (Å²) < 4.78 is 14.0. The zero-order valence-electron chi connectivity index (χ0n) is 19.5. The van der Waals surface area contributed by atoms with Crippen LogP contribution in [0.3, 0.4) is 0 Å². The molecule has 0 radical (unpaired) electrons. The molecule has 0 unspecified atom stereocenters. The number of imidazole rings is 1. The molecule has 6 heteroatoms. The van der Waals surface area contributed by atoms with E-state index in [0.29, 0.717) is 25.7 Å². The maximum atomic E-state index is 12.7. The fourth-order valence-electron chi connectivity index (χ4n) is 4.10. The van der Waals surface area contributed by atoms with Crippen molar-refractivity contribution in [1.29, 1.82) is 0 Å². The van der Waals surface area contributed by atoms with Crippen LogP contribution in [-0.4, -0.2) is 45.3 Å². The number of benzene rings is 2. The summed E-state index contributed by atoms with van der Waals surface area (Å²) in [5.74, 6) is 0. The predicted octanol–water partition coefficient (Wildman–Crippen LogP) is 5.56. The monoisotopic (exact) mass is 435 g/mol. The van der Waals surface area contributed by atoms with Crippen molar-refractivity contribution in [1.82, 2.24) is 14.5 Å². The summed E-state index contributed by atoms with van der Waals surface area (Å²) in [6.07, 6.45) is 2.70. The molecule has 4 rings (SSSR count). The van der Waals surface area contributed by atoms with E-state index in [4.69, 9.17) is 14.5 Å². The lowest BCUT2D eigenvalue weighted by Crippen LogP contribution is -2.48. The number of carbonyl (C=O) groups is 1. The zero-order valence-corrected chi connectivity index (χ0v) is 19.5. The Kier molecular flexibility index (Phi) is 6.40. The molecule has 170 valence electrons. The van der Waals surface area contributed by atoms with E-state index in [1.165, 1.54) is 11.1 Å². The lowest BCUT2D eigenvalue weighted by atomic mass is 10.0. The van der Waals surface area contributed by atoms with Crippen molar-refractivity contribution in [3.05, 3.63) is 59.7 Å². The molecule has 0 spiro atoms. The molecule has 1 saturated heterocycles. The second-order valence-electron chi connectivity index (χ2n) is 9.59. The van der Waals surface area contributed by atoms with E-state index in [-0.39, 0.29) is 12.1 Å². The van der Waals surface area contributed by atoms with Gasteiger partial charge in [0.1, 0.15) is 12.2 Å². The number of amides is 1. The van der Waals surface area contributed by atoms with Crippen molar-refractivity contribution in [2.75, 3.05) is 13.2 Å². The van der Waals surface area contributed by atoms with Crippen LogP contribution >= 0.6 is 0 Å². The van der Waals surface area contributed by atoms with Gasteiger partial charge in [-0.3, -0.25) is 4.57 Å². The number of fused-ring (bicyclic) bond motifs is 1. The number of likely N-dealkylation sites (tertiary alicyclic amines) is 1. The van der Waals surface area contributed by atoms with Crippen LogP contribution < -0.4 is 4.74 Å². The summed E-state index contributed by atoms with van der Waals surface area (Å²) in [5, 5.41) is 0. The summed E-state index contributed by atoms with van der Waals surface area (Å²) >= 11 is 0. The SMILES string of the molecule is Cc1ccc(Cn2c(OC[C@H]3CCCCN3C(=O)OC(C)(C)C)nc3ccccc32)cc1. The molecule has 0 N–H and O–H groups in total. The van der Waals surface area contributed by atoms with E-state index in [0.717, 1.165) is 30.3 Å². The smallest absolute Gasteiger partial charge is 0.410 e. The second kappa shape index (κ2) is 9.23. The van der Waals surface area contributed by atoms with E-state index in [1.807, 2.05) is 43.9 Å². The van der Waals surface area contributed by atoms with Crippen molar-refractivity contribution in [2.24, 2.45) is 0 Å². The van der Waals surface area contributed by atoms with Crippen molar-refractivity contribution in [3.63, 3.8) is 0 Å². The van der Waals surface area contributed by atoms with E-state index in [9.17, 15) is 4.79 Å². The molecule has 6 nitrogen and oxygen atoms in total. The summed E-state index contributed by atoms with van der Waals surface area (Å²) in [4.78, 5) is 19.3. The quantitative estimate of drug-likeness (QED) is 0.526. The van der Waals surface area contributed by atoms with Crippen molar-refractivity contribution in [2.45, 2.75) is 65.1 Å². The molecule has 2 heterocycles. The Morgan fingerprint density at radius 1 is 1.09 bits per heavy atom. The summed E-state index contributed by atoms with van der Waals surface area (Å²) in [7, 11) is 0. The topological polar surface area (TPSA) is 56.6 Å². The highest BCUT2D eigenvalue weighted by Crippen LogP contribution is 2.25. The van der Waals surface area contributed by atoms with Crippen LogP contribution in [0.4, 0.5) is 4.79 Å². The summed E-state index contributed by atoms with van der Waals surface area (Å²) in [5.41, 5.74) is 3.86. The number of hydrogen-bond acceptors (Lipinski definition) is 4. The number of hydrogen-bond donors (Lipinski definition) is 0. The van der Waals surface area contributed by atoms with Gasteiger partial charge in [-0.1, -0.05) is 42.0 Å². The minimum absolute atomic E-state index is 0.0220. The second-order valence-corrected chi connectivity index (χ2v) is 9.59. The van der Waals surface area contributed by atoms with Crippen molar-refractivity contribution < 1.29 is 14.3 Å². The number of aryl methyl sites for hydroxylation is 1. The first kappa shape index (κ1) is 22.2. The largest absolute Gasteiger partial charge is 0.462 e. The van der Waals surface area contributed by atoms with E-state index in [2.05, 4.69) is 41.8 Å². The molecule has 2 aromatic carbocycles. The van der Waals surface area contributed by atoms with E-state index >= 15 is 0 Å². The van der Waals surface area contributed by atoms with Gasteiger partial charge in [0.05, 0.1) is 23.6 Å². The third-order valence-corrected chi connectivity index (χ3v) is 5.74. The van der Waals surface area contributed by atoms with Gasteiger partial charge in [-0.2, -0.15) is 4.98 Å². The normalized spacial score (nSPS) is 16.9. The summed E-state index contributed by atoms with van der Waals surface area (Å²) in [6, 6.07) is 17.2. The fraction of sp³-hybridized carbons (Fsp3) is 0.462. The van der Waals surface area contributed by atoms with Crippen LogP contribution in [0, 0.1) is 6.92 Å². The molecule has 1 aromatic heterocycles. The Hall–Kier alpha value is -3.02. The first-order valence-corrected chi connectivity index (χ1v) is 11.4. The molecule has 32 heavy (non-hydrogen) atoms. The van der Waals surface area contributed by atoms with Crippen LogP contribution in [0.25, 0.3) is 11.0 Å². The van der Waals surface area contributed by atoms with Gasteiger partial charge in [-0.25, -0.2) is 4.79 Å². The van der Waals surface area contributed by atoms with Crippen molar-refractivity contribution in [3.8, 4) is 6.01 Å². The van der Waals surface area contributed by atoms with E-state index < -0.39 is 5.60 Å². The van der Waals surface area contributed by atoms with Crippen molar-refractivity contribution >= 4 is 17.1 Å². The number of nitrogens with zero attached hydrogens (tertiary/aromatic N) is 3. The van der Waals surface area contributed by atoms with Crippen LogP contribution in [0.5, 0.6) is 6.01 Å². The third-order valence-electron chi connectivity index (χ3n) is 5.74. The van der Waals surface area contributed by atoms with Gasteiger partial charge in [0.15, 0.2) is 0 Å². The van der Waals surface area contributed by atoms with Crippen LogP contribution in [0.1, 0.15) is 51.2 Å². The maximum absolute atomic E-state index is 12.7. The van der Waals surface area contributed by atoms with Gasteiger partial charge in [0.25, 0.3) is 6.01 Å². The molecule has 0 aliphatic carbocycles. The minimum atomic E-state index is -0.512. The van der Waals surface area contributed by atoms with Gasteiger partial charge in [0.2, 0.25) is 0 Å². The number of ether oxygens (including phenoxy) is 2. The minimum Gasteiger partial charge on any atom is -0.462 e.